The molecule has 1 aliphatic rings. The van der Waals surface area contributed by atoms with Crippen LogP contribution >= 0.6 is 0 Å². The number of nitrogens with two attached hydrogens (primary N) is 1. The normalized spacial score (nSPS) is 16.3. The largest absolute Gasteiger partial charge is 0.379 e. The highest BCUT2D eigenvalue weighted by Gasteiger charge is 2.14. The van der Waals surface area contributed by atoms with E-state index in [4.69, 9.17) is 15.5 Å². The van der Waals surface area contributed by atoms with Gasteiger partial charge in [0.05, 0.1) is 24.2 Å². The van der Waals surface area contributed by atoms with Crippen LogP contribution in [0.25, 0.3) is 11.0 Å². The maximum atomic E-state index is 5.70. The average Bonchev–Trinajstić information content (AvgIpc) is 2.89. The molecule has 1 fully saturated rings. The predicted molar refractivity (Wildman–Crippen MR) is 93.8 cm³/mol. The maximum Gasteiger partial charge on any atom is 0.109 e. The lowest BCUT2D eigenvalue weighted by atomic mass is 10.1. The maximum absolute atomic E-state index is 5.70. The summed E-state index contributed by atoms with van der Waals surface area (Å²) in [4.78, 5) is 7.36. The Morgan fingerprint density at radius 3 is 2.61 bits per heavy atom. The topological polar surface area (TPSA) is 56.3 Å². The number of nitrogens with zero attached hydrogens (tertiary/aromatic N) is 3. The molecule has 1 saturated heterocycles. The summed E-state index contributed by atoms with van der Waals surface area (Å²) in [5, 5.41) is 0. The van der Waals surface area contributed by atoms with E-state index in [9.17, 15) is 0 Å². The van der Waals surface area contributed by atoms with Crippen molar-refractivity contribution in [2.75, 3.05) is 39.4 Å². The van der Waals surface area contributed by atoms with Gasteiger partial charge in [0, 0.05) is 32.6 Å². The highest BCUT2D eigenvalue weighted by molar-refractivity contribution is 5.78. The molecule has 2 N–H and O–H groups in total. The predicted octanol–water partition coefficient (Wildman–Crippen LogP) is 1.88. The molecule has 0 saturated carbocycles. The van der Waals surface area contributed by atoms with Crippen molar-refractivity contribution < 1.29 is 4.74 Å². The monoisotopic (exact) mass is 316 g/mol. The Balaban J connectivity index is 1.86. The van der Waals surface area contributed by atoms with Gasteiger partial charge in [0.1, 0.15) is 5.82 Å². The van der Waals surface area contributed by atoms with E-state index in [2.05, 4.69) is 35.4 Å². The van der Waals surface area contributed by atoms with E-state index in [1.165, 1.54) is 22.5 Å². The summed E-state index contributed by atoms with van der Waals surface area (Å²) < 4.78 is 7.83. The standard InChI is InChI=1S/C18H28N4O/c1-14-12-16-17(13-15(14)2)22(18(20-16)4-3-5-19)7-6-21-8-10-23-11-9-21/h12-13H,3-11,19H2,1-2H3. The molecule has 23 heavy (non-hydrogen) atoms. The van der Waals surface area contributed by atoms with E-state index in [0.717, 1.165) is 57.8 Å². The molecular formula is C18H28N4O. The van der Waals surface area contributed by atoms with Crippen LogP contribution in [0.1, 0.15) is 23.4 Å². The molecule has 5 nitrogen and oxygen atoms in total. The van der Waals surface area contributed by atoms with Gasteiger partial charge in [-0.15, -0.1) is 0 Å². The molecule has 0 radical (unpaired) electrons. The molecule has 1 aliphatic heterocycles. The van der Waals surface area contributed by atoms with Crippen LogP contribution in [-0.2, 0) is 17.7 Å². The van der Waals surface area contributed by atoms with Crippen molar-refractivity contribution in [3.05, 3.63) is 29.1 Å². The van der Waals surface area contributed by atoms with Gasteiger partial charge in [-0.3, -0.25) is 4.90 Å². The molecule has 126 valence electrons. The fraction of sp³-hybridized carbons (Fsp3) is 0.611. The number of imidazole rings is 1. The minimum Gasteiger partial charge on any atom is -0.379 e. The van der Waals surface area contributed by atoms with Gasteiger partial charge < -0.3 is 15.0 Å². The van der Waals surface area contributed by atoms with Crippen molar-refractivity contribution in [1.82, 2.24) is 14.5 Å². The molecule has 0 amide bonds. The molecule has 0 aliphatic carbocycles. The van der Waals surface area contributed by atoms with E-state index in [1.54, 1.807) is 0 Å². The van der Waals surface area contributed by atoms with Crippen LogP contribution in [0, 0.1) is 13.8 Å². The Morgan fingerprint density at radius 1 is 1.13 bits per heavy atom. The SMILES string of the molecule is Cc1cc2nc(CCCN)n(CCN3CCOCC3)c2cc1C. The van der Waals surface area contributed by atoms with Gasteiger partial charge in [0.2, 0.25) is 0 Å². The van der Waals surface area contributed by atoms with Gasteiger partial charge >= 0.3 is 0 Å². The number of benzene rings is 1. The molecule has 0 bridgehead atoms. The first kappa shape index (κ1) is 16.4. The van der Waals surface area contributed by atoms with Crippen molar-refractivity contribution in [1.29, 1.82) is 0 Å². The second-order valence-electron chi connectivity index (χ2n) is 6.45. The van der Waals surface area contributed by atoms with Crippen molar-refractivity contribution in [2.24, 2.45) is 5.73 Å². The molecule has 0 unspecified atom stereocenters. The van der Waals surface area contributed by atoms with Crippen LogP contribution in [0.15, 0.2) is 12.1 Å². The minimum atomic E-state index is 0.713. The lowest BCUT2D eigenvalue weighted by Gasteiger charge is -2.27. The first-order valence-electron chi connectivity index (χ1n) is 8.65. The van der Waals surface area contributed by atoms with Gasteiger partial charge in [0.15, 0.2) is 0 Å². The smallest absolute Gasteiger partial charge is 0.109 e. The highest BCUT2D eigenvalue weighted by atomic mass is 16.5. The number of ether oxygens (including phenoxy) is 1. The number of aromatic nitrogens is 2. The van der Waals surface area contributed by atoms with E-state index < -0.39 is 0 Å². The van der Waals surface area contributed by atoms with E-state index >= 15 is 0 Å². The second kappa shape index (κ2) is 7.43. The van der Waals surface area contributed by atoms with E-state index in [0.29, 0.717) is 6.54 Å². The Hall–Kier alpha value is -1.43. The second-order valence-corrected chi connectivity index (χ2v) is 6.45. The molecule has 2 aromatic rings. The first-order chi connectivity index (χ1) is 11.2. The summed E-state index contributed by atoms with van der Waals surface area (Å²) in [6, 6.07) is 4.49. The number of morpholine rings is 1. The summed E-state index contributed by atoms with van der Waals surface area (Å²) in [5.41, 5.74) is 10.7. The van der Waals surface area contributed by atoms with Gasteiger partial charge in [-0.2, -0.15) is 0 Å². The van der Waals surface area contributed by atoms with Crippen LogP contribution < -0.4 is 5.73 Å². The number of rotatable bonds is 6. The van der Waals surface area contributed by atoms with Crippen molar-refractivity contribution in [2.45, 2.75) is 33.2 Å². The summed E-state index contributed by atoms with van der Waals surface area (Å²) in [6.45, 7) is 10.8. The summed E-state index contributed by atoms with van der Waals surface area (Å²) in [5.74, 6) is 1.17. The van der Waals surface area contributed by atoms with Gasteiger partial charge in [-0.25, -0.2) is 4.98 Å². The zero-order chi connectivity index (χ0) is 16.2. The summed E-state index contributed by atoms with van der Waals surface area (Å²) in [7, 11) is 0. The first-order valence-corrected chi connectivity index (χ1v) is 8.65. The van der Waals surface area contributed by atoms with Crippen LogP contribution in [0.4, 0.5) is 0 Å². The molecule has 1 aromatic heterocycles. The number of aryl methyl sites for hydroxylation is 3. The third-order valence-corrected chi connectivity index (χ3v) is 4.79. The molecule has 2 heterocycles. The van der Waals surface area contributed by atoms with Gasteiger partial charge in [-0.05, 0) is 50.1 Å². The number of hydrogen-bond acceptors (Lipinski definition) is 4. The summed E-state index contributed by atoms with van der Waals surface area (Å²) >= 11 is 0. The van der Waals surface area contributed by atoms with Crippen LogP contribution in [-0.4, -0.2) is 53.8 Å². The van der Waals surface area contributed by atoms with Gasteiger partial charge in [0.25, 0.3) is 0 Å². The Morgan fingerprint density at radius 2 is 1.87 bits per heavy atom. The lowest BCUT2D eigenvalue weighted by molar-refractivity contribution is 0.0364. The molecular weight excluding hydrogens is 288 g/mol. The van der Waals surface area contributed by atoms with Crippen LogP contribution in [0.5, 0.6) is 0 Å². The fourth-order valence-electron chi connectivity index (χ4n) is 3.20. The fourth-order valence-corrected chi connectivity index (χ4v) is 3.20. The van der Waals surface area contributed by atoms with Crippen molar-refractivity contribution in [3.63, 3.8) is 0 Å². The highest BCUT2D eigenvalue weighted by Crippen LogP contribution is 2.21. The lowest BCUT2D eigenvalue weighted by Crippen LogP contribution is -2.38. The Kier molecular flexibility index (Phi) is 5.30. The molecule has 1 aromatic carbocycles. The Labute approximate surface area is 138 Å². The minimum absolute atomic E-state index is 0.713. The Bertz CT molecular complexity index is 659. The molecule has 0 spiro atoms. The molecule has 5 heteroatoms. The summed E-state index contributed by atoms with van der Waals surface area (Å²) in [6.07, 6.45) is 1.94. The van der Waals surface area contributed by atoms with Crippen molar-refractivity contribution >= 4 is 11.0 Å². The molecule has 3 rings (SSSR count). The van der Waals surface area contributed by atoms with E-state index in [1.807, 2.05) is 0 Å². The molecule has 0 atom stereocenters. The quantitative estimate of drug-likeness (QED) is 0.884. The van der Waals surface area contributed by atoms with Crippen LogP contribution in [0.3, 0.4) is 0 Å². The zero-order valence-corrected chi connectivity index (χ0v) is 14.3. The third-order valence-electron chi connectivity index (χ3n) is 4.79. The van der Waals surface area contributed by atoms with Crippen molar-refractivity contribution in [3.8, 4) is 0 Å². The van der Waals surface area contributed by atoms with Crippen LogP contribution in [0.2, 0.25) is 0 Å². The zero-order valence-electron chi connectivity index (χ0n) is 14.3. The number of hydrogen-bond donors (Lipinski definition) is 1. The number of fused-ring (bicyclic) bond motifs is 1. The third kappa shape index (κ3) is 3.74. The van der Waals surface area contributed by atoms with Gasteiger partial charge in [-0.1, -0.05) is 0 Å². The van der Waals surface area contributed by atoms with E-state index in [-0.39, 0.29) is 0 Å². The average molecular weight is 316 g/mol.